The van der Waals surface area contributed by atoms with Crippen LogP contribution in [-0.2, 0) is 0 Å². The molecule has 0 spiro atoms. The summed E-state index contributed by atoms with van der Waals surface area (Å²) in [7, 11) is 4.49. The Morgan fingerprint density at radius 3 is 2.50 bits per heavy atom. The van der Waals surface area contributed by atoms with Gasteiger partial charge in [-0.15, -0.1) is 6.42 Å². The second-order valence-corrected chi connectivity index (χ2v) is 5.70. The highest BCUT2D eigenvalue weighted by Crippen LogP contribution is 2.36. The zero-order chi connectivity index (χ0) is 20.5. The van der Waals surface area contributed by atoms with Gasteiger partial charge >= 0.3 is 0 Å². The number of amides is 1. The first-order valence-electron chi connectivity index (χ1n) is 8.03. The molecule has 8 heteroatoms. The van der Waals surface area contributed by atoms with Gasteiger partial charge in [0.25, 0.3) is 5.91 Å². The van der Waals surface area contributed by atoms with Crippen molar-refractivity contribution in [2.24, 2.45) is 5.10 Å². The molecule has 0 atom stereocenters. The van der Waals surface area contributed by atoms with Gasteiger partial charge in [-0.25, -0.2) is 5.43 Å². The molecule has 0 aliphatic heterocycles. The minimum Gasteiger partial charge on any atom is -0.493 e. The third-order valence-electron chi connectivity index (χ3n) is 3.58. The van der Waals surface area contributed by atoms with E-state index in [0.717, 1.165) is 0 Å². The summed E-state index contributed by atoms with van der Waals surface area (Å²) in [6.45, 7) is 0.0604. The van der Waals surface area contributed by atoms with E-state index < -0.39 is 5.91 Å². The molecule has 2 aromatic rings. The van der Waals surface area contributed by atoms with E-state index in [-0.39, 0.29) is 6.61 Å². The number of nitrogens with one attached hydrogen (secondary N) is 1. The first-order chi connectivity index (χ1) is 13.5. The topological polar surface area (TPSA) is 78.4 Å². The zero-order valence-electron chi connectivity index (χ0n) is 15.6. The number of ether oxygens (including phenoxy) is 4. The Labute approximate surface area is 168 Å². The summed E-state index contributed by atoms with van der Waals surface area (Å²) < 4.78 is 21.0. The number of rotatable bonds is 8. The van der Waals surface area contributed by atoms with Gasteiger partial charge in [0.05, 0.1) is 32.6 Å². The van der Waals surface area contributed by atoms with Crippen molar-refractivity contribution in [3.63, 3.8) is 0 Å². The molecule has 2 aromatic carbocycles. The number of nitrogens with zero attached hydrogens (tertiary/aromatic N) is 1. The highest BCUT2D eigenvalue weighted by molar-refractivity contribution is 6.32. The maximum atomic E-state index is 12.3. The number of carbonyl (C=O) groups excluding carboxylic acids is 1. The molecule has 1 amide bonds. The van der Waals surface area contributed by atoms with E-state index in [0.29, 0.717) is 39.1 Å². The molecule has 146 valence electrons. The lowest BCUT2D eigenvalue weighted by atomic mass is 10.2. The predicted octanol–water partition coefficient (Wildman–Crippen LogP) is 3.14. The van der Waals surface area contributed by atoms with Crippen molar-refractivity contribution in [3.05, 3.63) is 46.5 Å². The van der Waals surface area contributed by atoms with Crippen LogP contribution in [0.3, 0.4) is 0 Å². The molecular formula is C20H19ClN2O5. The van der Waals surface area contributed by atoms with Crippen LogP contribution in [0.5, 0.6) is 23.0 Å². The van der Waals surface area contributed by atoms with Crippen molar-refractivity contribution in [2.45, 2.75) is 0 Å². The Balaban J connectivity index is 2.13. The molecule has 28 heavy (non-hydrogen) atoms. The molecule has 7 nitrogen and oxygen atoms in total. The number of halogens is 1. The second kappa shape index (κ2) is 10.1. The SMILES string of the molecule is C#CCOc1c(Cl)cc(/C=N\NC(=O)c2ccc(OC)c(OC)c2)cc1OC. The largest absolute Gasteiger partial charge is 0.493 e. The first-order valence-corrected chi connectivity index (χ1v) is 8.41. The minimum atomic E-state index is -0.413. The Bertz CT molecular complexity index is 922. The lowest BCUT2D eigenvalue weighted by Gasteiger charge is -2.11. The van der Waals surface area contributed by atoms with Crippen LogP contribution in [0, 0.1) is 12.3 Å². The number of hydrogen-bond donors (Lipinski definition) is 1. The predicted molar refractivity (Wildman–Crippen MR) is 107 cm³/mol. The van der Waals surface area contributed by atoms with Crippen LogP contribution in [0.2, 0.25) is 5.02 Å². The highest BCUT2D eigenvalue weighted by Gasteiger charge is 2.12. The van der Waals surface area contributed by atoms with E-state index in [1.54, 1.807) is 30.3 Å². The summed E-state index contributed by atoms with van der Waals surface area (Å²) in [5.74, 6) is 3.65. The molecule has 0 saturated carbocycles. The second-order valence-electron chi connectivity index (χ2n) is 5.30. The molecule has 0 heterocycles. The Kier molecular flexibility index (Phi) is 7.55. The number of hydrazone groups is 1. The fourth-order valence-corrected chi connectivity index (χ4v) is 2.55. The molecule has 0 radical (unpaired) electrons. The van der Waals surface area contributed by atoms with Crippen LogP contribution in [-0.4, -0.2) is 40.1 Å². The van der Waals surface area contributed by atoms with Crippen molar-refractivity contribution >= 4 is 23.7 Å². The maximum absolute atomic E-state index is 12.3. The monoisotopic (exact) mass is 402 g/mol. The van der Waals surface area contributed by atoms with Crippen LogP contribution >= 0.6 is 11.6 Å². The molecule has 1 N–H and O–H groups in total. The van der Waals surface area contributed by atoms with Crippen LogP contribution in [0.4, 0.5) is 0 Å². The van der Waals surface area contributed by atoms with Gasteiger partial charge in [0.2, 0.25) is 0 Å². The minimum absolute atomic E-state index is 0.0604. The van der Waals surface area contributed by atoms with Gasteiger partial charge in [-0.3, -0.25) is 4.79 Å². The Morgan fingerprint density at radius 1 is 1.14 bits per heavy atom. The molecule has 0 aliphatic carbocycles. The molecule has 0 fully saturated rings. The summed E-state index contributed by atoms with van der Waals surface area (Å²) in [6.07, 6.45) is 6.62. The van der Waals surface area contributed by atoms with Crippen molar-refractivity contribution in [3.8, 4) is 35.3 Å². The normalized spacial score (nSPS) is 10.2. The Hall–Kier alpha value is -3.37. The third kappa shape index (κ3) is 5.09. The molecule has 0 aliphatic rings. The standard InChI is InChI=1S/C20H19ClN2O5/c1-5-8-28-19-15(21)9-13(10-18(19)27-4)12-22-23-20(24)14-6-7-16(25-2)17(11-14)26-3/h1,6-7,9-12H,8H2,2-4H3,(H,23,24)/b22-12-. The summed E-state index contributed by atoms with van der Waals surface area (Å²) in [5.41, 5.74) is 3.40. The smallest absolute Gasteiger partial charge is 0.271 e. The van der Waals surface area contributed by atoms with E-state index in [1.807, 2.05) is 0 Å². The van der Waals surface area contributed by atoms with E-state index in [2.05, 4.69) is 16.4 Å². The number of benzene rings is 2. The van der Waals surface area contributed by atoms with E-state index >= 15 is 0 Å². The van der Waals surface area contributed by atoms with Gasteiger partial charge < -0.3 is 18.9 Å². The molecule has 0 unspecified atom stereocenters. The van der Waals surface area contributed by atoms with Gasteiger partial charge in [0.1, 0.15) is 6.61 Å². The lowest BCUT2D eigenvalue weighted by Crippen LogP contribution is -2.17. The van der Waals surface area contributed by atoms with Gasteiger partial charge in [-0.1, -0.05) is 17.5 Å². The lowest BCUT2D eigenvalue weighted by molar-refractivity contribution is 0.0954. The molecule has 2 rings (SSSR count). The summed E-state index contributed by atoms with van der Waals surface area (Å²) >= 11 is 6.20. The van der Waals surface area contributed by atoms with Crippen LogP contribution < -0.4 is 24.4 Å². The first kappa shape index (κ1) is 20.9. The number of hydrogen-bond acceptors (Lipinski definition) is 6. The third-order valence-corrected chi connectivity index (χ3v) is 3.86. The zero-order valence-corrected chi connectivity index (χ0v) is 16.4. The van der Waals surface area contributed by atoms with Gasteiger partial charge in [-0.2, -0.15) is 5.10 Å². The fraction of sp³-hybridized carbons (Fsp3) is 0.200. The van der Waals surface area contributed by atoms with Crippen molar-refractivity contribution in [1.82, 2.24) is 5.43 Å². The maximum Gasteiger partial charge on any atom is 0.271 e. The van der Waals surface area contributed by atoms with E-state index in [4.69, 9.17) is 37.0 Å². The van der Waals surface area contributed by atoms with E-state index in [1.165, 1.54) is 27.5 Å². The number of methoxy groups -OCH3 is 3. The summed E-state index contributed by atoms with van der Waals surface area (Å²) in [4.78, 5) is 12.3. The number of carbonyl (C=O) groups is 1. The number of terminal acetylenes is 1. The Morgan fingerprint density at radius 2 is 1.86 bits per heavy atom. The van der Waals surface area contributed by atoms with E-state index in [9.17, 15) is 4.79 Å². The fourth-order valence-electron chi connectivity index (χ4n) is 2.28. The molecule has 0 saturated heterocycles. The van der Waals surface area contributed by atoms with Crippen molar-refractivity contribution in [1.29, 1.82) is 0 Å². The molecule has 0 bridgehead atoms. The van der Waals surface area contributed by atoms with Gasteiger partial charge in [-0.05, 0) is 35.9 Å². The average molecular weight is 403 g/mol. The van der Waals surface area contributed by atoms with Crippen molar-refractivity contribution < 1.29 is 23.7 Å². The quantitative estimate of drug-likeness (QED) is 0.417. The summed E-state index contributed by atoms with van der Waals surface area (Å²) in [5, 5.41) is 4.25. The molecular weight excluding hydrogens is 384 g/mol. The van der Waals surface area contributed by atoms with Gasteiger partial charge in [0, 0.05) is 5.56 Å². The van der Waals surface area contributed by atoms with Crippen LogP contribution in [0.25, 0.3) is 0 Å². The average Bonchev–Trinajstić information content (AvgIpc) is 2.71. The van der Waals surface area contributed by atoms with Crippen LogP contribution in [0.15, 0.2) is 35.4 Å². The summed E-state index contributed by atoms with van der Waals surface area (Å²) in [6, 6.07) is 8.06. The van der Waals surface area contributed by atoms with Crippen molar-refractivity contribution in [2.75, 3.05) is 27.9 Å². The van der Waals surface area contributed by atoms with Crippen LogP contribution in [0.1, 0.15) is 15.9 Å². The highest BCUT2D eigenvalue weighted by atomic mass is 35.5. The molecule has 0 aromatic heterocycles. The van der Waals surface area contributed by atoms with Gasteiger partial charge in [0.15, 0.2) is 23.0 Å².